The van der Waals surface area contributed by atoms with Crippen molar-refractivity contribution in [3.63, 3.8) is 0 Å². The highest BCUT2D eigenvalue weighted by molar-refractivity contribution is 5.71. The lowest BCUT2D eigenvalue weighted by Crippen LogP contribution is -2.30. The molecule has 0 aliphatic carbocycles. The van der Waals surface area contributed by atoms with Crippen LogP contribution in [0.25, 0.3) is 0 Å². The van der Waals surface area contributed by atoms with Crippen LogP contribution >= 0.6 is 0 Å². The fraction of sp³-hybridized carbons (Fsp3) is 0.596. The normalized spacial score (nSPS) is 13.1. The van der Waals surface area contributed by atoms with Crippen molar-refractivity contribution in [1.29, 1.82) is 0 Å². The summed E-state index contributed by atoms with van der Waals surface area (Å²) >= 11 is 0. The van der Waals surface area contributed by atoms with Crippen molar-refractivity contribution in [2.24, 2.45) is 0 Å². The van der Waals surface area contributed by atoms with Crippen molar-refractivity contribution in [2.75, 3.05) is 13.2 Å². The van der Waals surface area contributed by atoms with Gasteiger partial charge in [0.1, 0.15) is 13.2 Å². The third kappa shape index (κ3) is 48.7. The second kappa shape index (κ2) is 50.5. The van der Waals surface area contributed by atoms with Gasteiger partial charge in [-0.15, -0.1) is 0 Å². The summed E-state index contributed by atoms with van der Waals surface area (Å²) in [7, 11) is 0. The van der Waals surface area contributed by atoms with E-state index < -0.39 is 6.10 Å². The molecular formula is C57H90O6. The summed E-state index contributed by atoms with van der Waals surface area (Å²) in [5, 5.41) is 0. The molecule has 0 saturated carbocycles. The van der Waals surface area contributed by atoms with Gasteiger partial charge >= 0.3 is 17.9 Å². The molecule has 6 nitrogen and oxygen atoms in total. The van der Waals surface area contributed by atoms with Crippen LogP contribution in [0, 0.1) is 0 Å². The van der Waals surface area contributed by atoms with Gasteiger partial charge < -0.3 is 14.2 Å². The Morgan fingerprint density at radius 1 is 0.349 bits per heavy atom. The molecule has 0 aromatic rings. The lowest BCUT2D eigenvalue weighted by Gasteiger charge is -2.18. The van der Waals surface area contributed by atoms with E-state index in [1.165, 1.54) is 77.0 Å². The Labute approximate surface area is 386 Å². The van der Waals surface area contributed by atoms with Gasteiger partial charge in [0.15, 0.2) is 6.10 Å². The zero-order chi connectivity index (χ0) is 45.8. The van der Waals surface area contributed by atoms with Crippen LogP contribution in [0.4, 0.5) is 0 Å². The fourth-order valence-corrected chi connectivity index (χ4v) is 6.39. The molecule has 0 heterocycles. The van der Waals surface area contributed by atoms with Crippen LogP contribution in [0.2, 0.25) is 0 Å². The van der Waals surface area contributed by atoms with E-state index in [0.29, 0.717) is 19.3 Å². The van der Waals surface area contributed by atoms with Crippen molar-refractivity contribution in [3.05, 3.63) is 122 Å². The number of esters is 3. The minimum atomic E-state index is -0.830. The quantitative estimate of drug-likeness (QED) is 0.0200. The number of unbranched alkanes of at least 4 members (excludes halogenated alkanes) is 16. The van der Waals surface area contributed by atoms with E-state index in [4.69, 9.17) is 14.2 Å². The molecule has 0 aliphatic heterocycles. The summed E-state index contributed by atoms with van der Waals surface area (Å²) in [6.45, 7) is 6.25. The van der Waals surface area contributed by atoms with Crippen LogP contribution in [-0.4, -0.2) is 37.2 Å². The predicted octanol–water partition coefficient (Wildman–Crippen LogP) is 16.5. The van der Waals surface area contributed by atoms with Crippen LogP contribution in [0.15, 0.2) is 122 Å². The van der Waals surface area contributed by atoms with Gasteiger partial charge in [0.25, 0.3) is 0 Å². The lowest BCUT2D eigenvalue weighted by molar-refractivity contribution is -0.167. The Balaban J connectivity index is 4.58. The first-order valence-electron chi connectivity index (χ1n) is 25.1. The number of rotatable bonds is 43. The van der Waals surface area contributed by atoms with Crippen LogP contribution in [-0.2, 0) is 28.6 Å². The number of hydrogen-bond acceptors (Lipinski definition) is 6. The van der Waals surface area contributed by atoms with E-state index in [-0.39, 0.29) is 44.0 Å². The van der Waals surface area contributed by atoms with E-state index in [1.54, 1.807) is 0 Å². The highest BCUT2D eigenvalue weighted by Gasteiger charge is 2.19. The number of carbonyl (C=O) groups excluding carboxylic acids is 3. The monoisotopic (exact) mass is 871 g/mol. The molecule has 0 aromatic heterocycles. The number of hydrogen-bond donors (Lipinski definition) is 0. The topological polar surface area (TPSA) is 78.9 Å². The first-order valence-corrected chi connectivity index (χ1v) is 25.1. The second-order valence-corrected chi connectivity index (χ2v) is 16.1. The van der Waals surface area contributed by atoms with Crippen molar-refractivity contribution in [2.45, 2.75) is 207 Å². The first-order chi connectivity index (χ1) is 31.0. The van der Waals surface area contributed by atoms with Crippen molar-refractivity contribution >= 4 is 17.9 Å². The molecule has 1 atom stereocenters. The van der Waals surface area contributed by atoms with Crippen LogP contribution in [0.3, 0.4) is 0 Å². The van der Waals surface area contributed by atoms with Gasteiger partial charge in [-0.25, -0.2) is 0 Å². The molecule has 0 aliphatic rings. The zero-order valence-corrected chi connectivity index (χ0v) is 40.3. The summed E-state index contributed by atoms with van der Waals surface area (Å²) < 4.78 is 16.7. The smallest absolute Gasteiger partial charge is 0.306 e. The largest absolute Gasteiger partial charge is 0.462 e. The molecule has 63 heavy (non-hydrogen) atoms. The molecule has 0 aromatic carbocycles. The molecule has 0 rings (SSSR count). The summed E-state index contributed by atoms with van der Waals surface area (Å²) in [4.78, 5) is 37.9. The van der Waals surface area contributed by atoms with Gasteiger partial charge in [0, 0.05) is 19.3 Å². The lowest BCUT2D eigenvalue weighted by atomic mass is 10.0. The van der Waals surface area contributed by atoms with Crippen LogP contribution in [0.1, 0.15) is 201 Å². The molecule has 0 fully saturated rings. The molecule has 1 unspecified atom stereocenters. The molecule has 0 saturated heterocycles. The Hall–Kier alpha value is -4.19. The first kappa shape index (κ1) is 58.8. The molecule has 0 amide bonds. The standard InChI is InChI=1S/C57H90O6/c1-4-7-10-13-16-19-22-25-27-28-30-32-35-38-41-44-47-50-56(59)62-53-54(52-61-55(58)49-46-43-40-37-34-31-24-21-18-15-12-9-6-3)63-57(60)51-48-45-42-39-36-33-29-26-23-20-17-14-11-8-5-2/h7,9-10,12,15-16,18-19,21,24-25,27,30-32,34,37-38,40-41,54H,4-6,8,11,13-14,17,20,22-23,26,28-29,33,35-36,39,42-53H2,1-3H3/b10-7+,12-9+,18-15+,19-16+,24-21+,27-25+,32-30+,34-31+,40-37+,41-38+. The number of allylic oxidation sites excluding steroid dienone is 20. The van der Waals surface area contributed by atoms with Crippen LogP contribution < -0.4 is 0 Å². The molecule has 0 spiro atoms. The predicted molar refractivity (Wildman–Crippen MR) is 269 cm³/mol. The fourth-order valence-electron chi connectivity index (χ4n) is 6.39. The summed E-state index contributed by atoms with van der Waals surface area (Å²) in [6, 6.07) is 0. The summed E-state index contributed by atoms with van der Waals surface area (Å²) in [5.74, 6) is -1.07. The average Bonchev–Trinajstić information content (AvgIpc) is 3.28. The van der Waals surface area contributed by atoms with Gasteiger partial charge in [-0.3, -0.25) is 14.4 Å². The van der Waals surface area contributed by atoms with E-state index in [9.17, 15) is 14.4 Å². The van der Waals surface area contributed by atoms with Crippen LogP contribution in [0.5, 0.6) is 0 Å². The maximum Gasteiger partial charge on any atom is 0.306 e. The van der Waals surface area contributed by atoms with Crippen molar-refractivity contribution in [1.82, 2.24) is 0 Å². The Bertz CT molecular complexity index is 1370. The third-order valence-corrected chi connectivity index (χ3v) is 10.1. The van der Waals surface area contributed by atoms with Gasteiger partial charge in [-0.05, 0) is 70.6 Å². The molecule has 0 radical (unpaired) electrons. The minimum absolute atomic E-state index is 0.132. The van der Waals surface area contributed by atoms with Gasteiger partial charge in [-0.1, -0.05) is 232 Å². The maximum absolute atomic E-state index is 12.8. The molecule has 354 valence electrons. The maximum atomic E-state index is 12.8. The molecule has 6 heteroatoms. The van der Waals surface area contributed by atoms with E-state index >= 15 is 0 Å². The van der Waals surface area contributed by atoms with E-state index in [0.717, 1.165) is 70.6 Å². The molecule has 0 bridgehead atoms. The Morgan fingerprint density at radius 2 is 0.698 bits per heavy atom. The van der Waals surface area contributed by atoms with Gasteiger partial charge in [0.05, 0.1) is 0 Å². The van der Waals surface area contributed by atoms with E-state index in [1.807, 2.05) is 54.7 Å². The van der Waals surface area contributed by atoms with E-state index in [2.05, 4.69) is 87.6 Å². The Kier molecular flexibility index (Phi) is 47.1. The number of ether oxygens (including phenoxy) is 3. The highest BCUT2D eigenvalue weighted by Crippen LogP contribution is 2.14. The number of carbonyl (C=O) groups is 3. The highest BCUT2D eigenvalue weighted by atomic mass is 16.6. The SMILES string of the molecule is CC/C=C/C=C/C=C/C=C/C=C/CCCC(=O)OCC(COC(=O)CCC/C=C/C/C=C/C/C=C/C/C=C/C/C=C/CC)OC(=O)CCCCCCCCCCCCCCCCC. The summed E-state index contributed by atoms with van der Waals surface area (Å²) in [6.07, 6.45) is 69.1. The van der Waals surface area contributed by atoms with Crippen molar-refractivity contribution in [3.8, 4) is 0 Å². The molecular weight excluding hydrogens is 781 g/mol. The average molecular weight is 871 g/mol. The summed E-state index contributed by atoms with van der Waals surface area (Å²) in [5.41, 5.74) is 0. The molecule has 0 N–H and O–H groups in total. The third-order valence-electron chi connectivity index (χ3n) is 10.1. The van der Waals surface area contributed by atoms with Gasteiger partial charge in [0.2, 0.25) is 0 Å². The van der Waals surface area contributed by atoms with Gasteiger partial charge in [-0.2, -0.15) is 0 Å². The minimum Gasteiger partial charge on any atom is -0.462 e. The zero-order valence-electron chi connectivity index (χ0n) is 40.3. The van der Waals surface area contributed by atoms with Crippen molar-refractivity contribution < 1.29 is 28.6 Å². The Morgan fingerprint density at radius 3 is 1.14 bits per heavy atom. The second-order valence-electron chi connectivity index (χ2n) is 16.1.